The molecule has 2 saturated heterocycles. The van der Waals surface area contributed by atoms with Crippen LogP contribution in [0.25, 0.3) is 11.0 Å². The normalized spacial score (nSPS) is 19.8. The molecule has 4 heterocycles. The number of fused-ring (bicyclic) bond motifs is 1. The molecule has 3 aromatic rings. The minimum atomic E-state index is -0.915. The van der Waals surface area contributed by atoms with Crippen LogP contribution in [0.2, 0.25) is 5.02 Å². The maximum absolute atomic E-state index is 13.6. The third-order valence-electron chi connectivity index (χ3n) is 7.61. The molecule has 0 bridgehead atoms. The molecular weight excluding hydrogens is 603 g/mol. The number of nitrogens with two attached hydrogens (primary N) is 1. The van der Waals surface area contributed by atoms with Crippen molar-refractivity contribution in [3.8, 4) is 0 Å². The van der Waals surface area contributed by atoms with E-state index in [1.807, 2.05) is 36.5 Å². The van der Waals surface area contributed by atoms with Gasteiger partial charge in [0, 0.05) is 6.20 Å². The molecular formula is C26H35ClIN8O-. The number of nitrogens with one attached hydrogen (secondary N) is 2. The summed E-state index contributed by atoms with van der Waals surface area (Å²) >= 11 is 6.32. The summed E-state index contributed by atoms with van der Waals surface area (Å²) in [6, 6.07) is 9.68. The molecule has 11 heteroatoms. The van der Waals surface area contributed by atoms with Crippen LogP contribution in [0.4, 0.5) is 5.82 Å². The molecule has 0 radical (unpaired) electrons. The van der Waals surface area contributed by atoms with E-state index in [0.717, 1.165) is 61.6 Å². The van der Waals surface area contributed by atoms with E-state index in [9.17, 15) is 4.79 Å². The maximum atomic E-state index is 13.6. The summed E-state index contributed by atoms with van der Waals surface area (Å²) in [4.78, 5) is 32.5. The predicted octanol–water partition coefficient (Wildman–Crippen LogP) is -0.592. The first-order valence-corrected chi connectivity index (χ1v) is 16.3. The van der Waals surface area contributed by atoms with E-state index in [0.29, 0.717) is 31.0 Å². The van der Waals surface area contributed by atoms with E-state index in [4.69, 9.17) is 17.3 Å². The Bertz CT molecular complexity index is 1190. The quantitative estimate of drug-likeness (QED) is 0.172. The monoisotopic (exact) mass is 637 g/mol. The van der Waals surface area contributed by atoms with Crippen LogP contribution >= 0.6 is 11.6 Å². The molecule has 2 aliphatic heterocycles. The van der Waals surface area contributed by atoms with E-state index in [1.54, 1.807) is 6.33 Å². The Kier molecular flexibility index (Phi) is 8.50. The first-order valence-electron chi connectivity index (χ1n) is 12.8. The van der Waals surface area contributed by atoms with Gasteiger partial charge in [-0.15, -0.1) is 0 Å². The predicted molar refractivity (Wildman–Crippen MR) is 143 cm³/mol. The number of aromatic amines is 1. The molecule has 2 aromatic heterocycles. The number of rotatable bonds is 8. The molecule has 1 aromatic carbocycles. The molecule has 0 aliphatic carbocycles. The number of piperidine rings is 1. The Balaban J connectivity index is 1.23. The van der Waals surface area contributed by atoms with Crippen molar-refractivity contribution >= 4 is 34.4 Å². The van der Waals surface area contributed by atoms with Gasteiger partial charge >= 0.3 is 179 Å². The summed E-state index contributed by atoms with van der Waals surface area (Å²) in [6.07, 6.45) is 5.40. The molecule has 2 fully saturated rings. The average molecular weight is 638 g/mol. The topological polar surface area (TPSA) is 106 Å². The first-order chi connectivity index (χ1) is 17.9. The second kappa shape index (κ2) is 11.8. The Morgan fingerprint density at radius 2 is 1.86 bits per heavy atom. The average Bonchev–Trinajstić information content (AvgIpc) is 3.41. The van der Waals surface area contributed by atoms with Crippen LogP contribution in [0.15, 0.2) is 42.9 Å². The number of hydrogen-bond donors (Lipinski definition) is 3. The SMILES string of the molecule is C[I-]N1CCN(CC[C@H](NC(=O)C2(N)CCN(c3ncnc4[nH]ccc34)CC2)c2ccc(Cl)cc2)CC1. The molecule has 1 amide bonds. The van der Waals surface area contributed by atoms with Gasteiger partial charge < -0.3 is 9.88 Å². The van der Waals surface area contributed by atoms with Gasteiger partial charge in [0.2, 0.25) is 0 Å². The van der Waals surface area contributed by atoms with Gasteiger partial charge in [0.05, 0.1) is 5.39 Å². The van der Waals surface area contributed by atoms with Gasteiger partial charge in [-0.25, -0.2) is 9.97 Å². The fourth-order valence-electron chi connectivity index (χ4n) is 5.20. The van der Waals surface area contributed by atoms with Gasteiger partial charge in [0.1, 0.15) is 17.8 Å². The van der Waals surface area contributed by atoms with Gasteiger partial charge in [0.25, 0.3) is 0 Å². The first kappa shape index (κ1) is 26.6. The van der Waals surface area contributed by atoms with Gasteiger partial charge in [-0.3, -0.25) is 0 Å². The van der Waals surface area contributed by atoms with E-state index in [2.05, 4.69) is 38.1 Å². The number of benzene rings is 1. The molecule has 9 nitrogen and oxygen atoms in total. The summed E-state index contributed by atoms with van der Waals surface area (Å²) in [5, 5.41) is 4.99. The number of amides is 1. The van der Waals surface area contributed by atoms with E-state index < -0.39 is 5.54 Å². The number of H-pyrrole nitrogens is 1. The fourth-order valence-corrected chi connectivity index (χ4v) is 6.72. The van der Waals surface area contributed by atoms with Crippen molar-refractivity contribution in [3.63, 3.8) is 0 Å². The van der Waals surface area contributed by atoms with Crippen LogP contribution in [0, 0.1) is 0 Å². The van der Waals surface area contributed by atoms with Crippen LogP contribution < -0.4 is 37.4 Å². The molecule has 0 saturated carbocycles. The molecule has 37 heavy (non-hydrogen) atoms. The summed E-state index contributed by atoms with van der Waals surface area (Å²) < 4.78 is 2.58. The van der Waals surface area contributed by atoms with Gasteiger partial charge in [0.15, 0.2) is 0 Å². The van der Waals surface area contributed by atoms with Crippen molar-refractivity contribution in [1.82, 2.24) is 28.3 Å². The Morgan fingerprint density at radius 3 is 2.57 bits per heavy atom. The zero-order valence-corrected chi connectivity index (χ0v) is 24.1. The number of hydrogen-bond acceptors (Lipinski definition) is 7. The fraction of sp³-hybridized carbons (Fsp3) is 0.500. The summed E-state index contributed by atoms with van der Waals surface area (Å²) in [5.74, 6) is 0.806. The van der Waals surface area contributed by atoms with E-state index in [1.165, 1.54) is 0 Å². The Morgan fingerprint density at radius 1 is 1.14 bits per heavy atom. The second-order valence-electron chi connectivity index (χ2n) is 9.87. The zero-order chi connectivity index (χ0) is 25.8. The number of nitrogens with zero attached hydrogens (tertiary/aromatic N) is 5. The number of anilines is 1. The van der Waals surface area contributed by atoms with Crippen LogP contribution in [-0.2, 0) is 4.79 Å². The number of alkyl halides is 1. The molecule has 2 aliphatic rings. The zero-order valence-electron chi connectivity index (χ0n) is 21.2. The summed E-state index contributed by atoms with van der Waals surface area (Å²) in [6.45, 7) is 6.73. The van der Waals surface area contributed by atoms with E-state index in [-0.39, 0.29) is 33.4 Å². The van der Waals surface area contributed by atoms with E-state index >= 15 is 0 Å². The van der Waals surface area contributed by atoms with Crippen molar-refractivity contribution in [1.29, 1.82) is 0 Å². The number of aromatic nitrogens is 3. The van der Waals surface area contributed by atoms with Crippen molar-refractivity contribution in [2.75, 3.05) is 55.6 Å². The standard InChI is InChI=1S/C26H35ClIN8O/c1-28-36-16-14-34(15-17-36)11-7-22(19-2-4-20(27)5-3-19)33-25(37)26(29)8-12-35(13-9-26)24-21-6-10-30-23(21)31-18-32-24/h2-6,10,18,22H,7-9,11-17,29H2,1H3,(H,33,37)(H,30,31,32)/q-1/t22-/m0/s1. The van der Waals surface area contributed by atoms with Crippen molar-refractivity contribution in [3.05, 3.63) is 53.4 Å². The number of carbonyl (C=O) groups is 1. The van der Waals surface area contributed by atoms with Crippen molar-refractivity contribution in [2.45, 2.75) is 30.8 Å². The van der Waals surface area contributed by atoms with Crippen LogP contribution in [0.1, 0.15) is 30.9 Å². The van der Waals surface area contributed by atoms with Gasteiger partial charge in [-0.05, 0) is 6.07 Å². The third-order valence-corrected chi connectivity index (χ3v) is 10.2. The van der Waals surface area contributed by atoms with Crippen LogP contribution in [0.5, 0.6) is 0 Å². The van der Waals surface area contributed by atoms with Gasteiger partial charge in [-0.1, -0.05) is 0 Å². The molecule has 1 atom stereocenters. The number of carbonyl (C=O) groups excluding carboxylic acids is 1. The van der Waals surface area contributed by atoms with Crippen molar-refractivity contribution < 1.29 is 26.3 Å². The summed E-state index contributed by atoms with van der Waals surface area (Å²) in [5.41, 5.74) is 7.71. The van der Waals surface area contributed by atoms with Gasteiger partial charge in [-0.2, -0.15) is 0 Å². The Hall–Kier alpha value is -1.99. The van der Waals surface area contributed by atoms with Crippen LogP contribution in [-0.4, -0.2) is 85.2 Å². The molecule has 200 valence electrons. The molecule has 0 spiro atoms. The molecule has 4 N–H and O–H groups in total. The molecule has 5 rings (SSSR count). The van der Waals surface area contributed by atoms with Crippen molar-refractivity contribution in [2.24, 2.45) is 5.73 Å². The second-order valence-corrected chi connectivity index (χ2v) is 12.6. The number of halogens is 2. The van der Waals surface area contributed by atoms with Crippen LogP contribution in [0.3, 0.4) is 0 Å². The summed E-state index contributed by atoms with van der Waals surface area (Å²) in [7, 11) is 0. The third kappa shape index (κ3) is 6.19. The minimum absolute atomic E-state index is 0.0814. The number of piperazine rings is 1. The Labute approximate surface area is 233 Å². The molecule has 0 unspecified atom stereocenters.